The van der Waals surface area contributed by atoms with E-state index in [0.29, 0.717) is 25.3 Å². The Bertz CT molecular complexity index is 577. The van der Waals surface area contributed by atoms with E-state index in [4.69, 9.17) is 9.15 Å². The number of furan rings is 1. The number of carbonyl (C=O) groups is 1. The standard InChI is InChI=1S/C17H20N2O3/c20-17(14-5-2-1-3-6-14)18-13-15(16-7-4-10-22-16)19-8-11-21-12-9-19/h1-7,10,15H,8-9,11-13H2,(H,18,20)/t15-/m0/s1. The average molecular weight is 300 g/mol. The number of hydrogen-bond acceptors (Lipinski definition) is 4. The molecule has 22 heavy (non-hydrogen) atoms. The lowest BCUT2D eigenvalue weighted by Crippen LogP contribution is -2.43. The summed E-state index contributed by atoms with van der Waals surface area (Å²) >= 11 is 0. The molecule has 0 radical (unpaired) electrons. The lowest BCUT2D eigenvalue weighted by Gasteiger charge is -2.33. The van der Waals surface area contributed by atoms with Gasteiger partial charge < -0.3 is 14.5 Å². The van der Waals surface area contributed by atoms with E-state index >= 15 is 0 Å². The second-order valence-corrected chi connectivity index (χ2v) is 5.26. The van der Waals surface area contributed by atoms with Crippen molar-refractivity contribution < 1.29 is 13.9 Å². The van der Waals surface area contributed by atoms with Crippen molar-refractivity contribution in [1.29, 1.82) is 0 Å². The van der Waals surface area contributed by atoms with Gasteiger partial charge in [0.25, 0.3) is 5.91 Å². The zero-order valence-electron chi connectivity index (χ0n) is 12.4. The van der Waals surface area contributed by atoms with Gasteiger partial charge in [0.15, 0.2) is 0 Å². The lowest BCUT2D eigenvalue weighted by atomic mass is 10.1. The van der Waals surface area contributed by atoms with E-state index < -0.39 is 0 Å². The third-order valence-electron chi connectivity index (χ3n) is 3.85. The first-order valence-electron chi connectivity index (χ1n) is 7.53. The van der Waals surface area contributed by atoms with Crippen LogP contribution in [0.5, 0.6) is 0 Å². The predicted octanol–water partition coefficient (Wildman–Crippen LogP) is 2.08. The maximum atomic E-state index is 12.2. The Kier molecular flexibility index (Phi) is 4.88. The number of ether oxygens (including phenoxy) is 1. The molecule has 1 saturated heterocycles. The molecule has 1 atom stereocenters. The Hall–Kier alpha value is -2.11. The largest absolute Gasteiger partial charge is 0.468 e. The van der Waals surface area contributed by atoms with Crippen molar-refractivity contribution in [3.8, 4) is 0 Å². The van der Waals surface area contributed by atoms with Gasteiger partial charge in [-0.3, -0.25) is 9.69 Å². The molecule has 5 nitrogen and oxygen atoms in total. The van der Waals surface area contributed by atoms with Gasteiger partial charge in [0, 0.05) is 25.2 Å². The van der Waals surface area contributed by atoms with Crippen LogP contribution < -0.4 is 5.32 Å². The second-order valence-electron chi connectivity index (χ2n) is 5.26. The van der Waals surface area contributed by atoms with E-state index in [1.807, 2.05) is 42.5 Å². The summed E-state index contributed by atoms with van der Waals surface area (Å²) < 4.78 is 11.0. The fourth-order valence-corrected chi connectivity index (χ4v) is 2.66. The Morgan fingerprint density at radius 3 is 2.59 bits per heavy atom. The molecular formula is C17H20N2O3. The Morgan fingerprint density at radius 1 is 1.14 bits per heavy atom. The van der Waals surface area contributed by atoms with Crippen LogP contribution in [0.2, 0.25) is 0 Å². The SMILES string of the molecule is O=C(NC[C@@H](c1ccco1)N1CCOCC1)c1ccccc1. The van der Waals surface area contributed by atoms with Gasteiger partial charge in [0.05, 0.1) is 25.5 Å². The average Bonchev–Trinajstić information content (AvgIpc) is 3.11. The van der Waals surface area contributed by atoms with Crippen LogP contribution in [0.1, 0.15) is 22.2 Å². The highest BCUT2D eigenvalue weighted by atomic mass is 16.5. The van der Waals surface area contributed by atoms with Gasteiger partial charge in [-0.1, -0.05) is 18.2 Å². The molecule has 1 aliphatic heterocycles. The predicted molar refractivity (Wildman–Crippen MR) is 82.6 cm³/mol. The molecule has 1 aliphatic rings. The molecule has 0 bridgehead atoms. The molecule has 116 valence electrons. The summed E-state index contributed by atoms with van der Waals surface area (Å²) in [5.74, 6) is 0.806. The molecule has 1 aromatic heterocycles. The molecule has 2 heterocycles. The summed E-state index contributed by atoms with van der Waals surface area (Å²) in [7, 11) is 0. The van der Waals surface area contributed by atoms with E-state index in [2.05, 4.69) is 10.2 Å². The summed E-state index contributed by atoms with van der Waals surface area (Å²) in [5.41, 5.74) is 0.669. The Balaban J connectivity index is 1.66. The number of hydrogen-bond donors (Lipinski definition) is 1. The fraction of sp³-hybridized carbons (Fsp3) is 0.353. The summed E-state index contributed by atoms with van der Waals surface area (Å²) in [6.45, 7) is 3.62. The number of rotatable bonds is 5. The van der Waals surface area contributed by atoms with Crippen LogP contribution in [0.4, 0.5) is 0 Å². The highest BCUT2D eigenvalue weighted by molar-refractivity contribution is 5.94. The van der Waals surface area contributed by atoms with E-state index in [1.165, 1.54) is 0 Å². The molecule has 1 fully saturated rings. The normalized spacial score (nSPS) is 17.1. The number of nitrogens with zero attached hydrogens (tertiary/aromatic N) is 1. The number of carbonyl (C=O) groups excluding carboxylic acids is 1. The molecule has 2 aromatic rings. The minimum absolute atomic E-state index is 0.0339. The molecule has 5 heteroatoms. The van der Waals surface area contributed by atoms with E-state index in [1.54, 1.807) is 6.26 Å². The van der Waals surface area contributed by atoms with Gasteiger partial charge >= 0.3 is 0 Å². The summed E-state index contributed by atoms with van der Waals surface area (Å²) in [6, 6.07) is 13.1. The van der Waals surface area contributed by atoms with Gasteiger partial charge in [0.1, 0.15) is 5.76 Å². The molecule has 0 aliphatic carbocycles. The maximum absolute atomic E-state index is 12.2. The molecular weight excluding hydrogens is 280 g/mol. The fourth-order valence-electron chi connectivity index (χ4n) is 2.66. The number of nitrogens with one attached hydrogen (secondary N) is 1. The highest BCUT2D eigenvalue weighted by Gasteiger charge is 2.25. The van der Waals surface area contributed by atoms with Crippen molar-refractivity contribution in [2.45, 2.75) is 6.04 Å². The first-order valence-corrected chi connectivity index (χ1v) is 7.53. The van der Waals surface area contributed by atoms with Crippen LogP contribution >= 0.6 is 0 Å². The maximum Gasteiger partial charge on any atom is 0.251 e. The second kappa shape index (κ2) is 7.24. The van der Waals surface area contributed by atoms with Crippen molar-refractivity contribution in [2.75, 3.05) is 32.8 Å². The zero-order valence-corrected chi connectivity index (χ0v) is 12.4. The molecule has 3 rings (SSSR count). The van der Waals surface area contributed by atoms with Crippen molar-refractivity contribution in [1.82, 2.24) is 10.2 Å². The van der Waals surface area contributed by atoms with Crippen molar-refractivity contribution >= 4 is 5.91 Å². The third kappa shape index (κ3) is 3.55. The third-order valence-corrected chi connectivity index (χ3v) is 3.85. The van der Waals surface area contributed by atoms with Crippen molar-refractivity contribution in [2.24, 2.45) is 0 Å². The van der Waals surface area contributed by atoms with Crippen LogP contribution in [0.15, 0.2) is 53.1 Å². The summed E-state index contributed by atoms with van der Waals surface area (Å²) in [4.78, 5) is 14.5. The highest BCUT2D eigenvalue weighted by Crippen LogP contribution is 2.21. The minimum atomic E-state index is -0.0644. The van der Waals surface area contributed by atoms with Gasteiger partial charge in [-0.15, -0.1) is 0 Å². The monoisotopic (exact) mass is 300 g/mol. The van der Waals surface area contributed by atoms with Crippen LogP contribution in [-0.4, -0.2) is 43.7 Å². The minimum Gasteiger partial charge on any atom is -0.468 e. The molecule has 0 saturated carbocycles. The molecule has 1 aromatic carbocycles. The molecule has 0 unspecified atom stereocenters. The van der Waals surface area contributed by atoms with Crippen LogP contribution in [-0.2, 0) is 4.74 Å². The molecule has 1 N–H and O–H groups in total. The van der Waals surface area contributed by atoms with Gasteiger partial charge in [0.2, 0.25) is 0 Å². The van der Waals surface area contributed by atoms with Crippen LogP contribution in [0.25, 0.3) is 0 Å². The number of amides is 1. The molecule has 1 amide bonds. The van der Waals surface area contributed by atoms with Crippen LogP contribution in [0, 0.1) is 0 Å². The van der Waals surface area contributed by atoms with Crippen molar-refractivity contribution in [3.63, 3.8) is 0 Å². The summed E-state index contributed by atoms with van der Waals surface area (Å²) in [6.07, 6.45) is 1.67. The van der Waals surface area contributed by atoms with E-state index in [-0.39, 0.29) is 11.9 Å². The van der Waals surface area contributed by atoms with Gasteiger partial charge in [-0.2, -0.15) is 0 Å². The first kappa shape index (κ1) is 14.8. The van der Waals surface area contributed by atoms with Gasteiger partial charge in [-0.25, -0.2) is 0 Å². The van der Waals surface area contributed by atoms with Crippen molar-refractivity contribution in [3.05, 3.63) is 60.1 Å². The Morgan fingerprint density at radius 2 is 1.91 bits per heavy atom. The van der Waals surface area contributed by atoms with Crippen LogP contribution in [0.3, 0.4) is 0 Å². The zero-order chi connectivity index (χ0) is 15.2. The molecule has 0 spiro atoms. The smallest absolute Gasteiger partial charge is 0.251 e. The quantitative estimate of drug-likeness (QED) is 0.918. The lowest BCUT2D eigenvalue weighted by molar-refractivity contribution is 0.0118. The summed E-state index contributed by atoms with van der Waals surface area (Å²) in [5, 5.41) is 3.00. The Labute approximate surface area is 129 Å². The number of morpholine rings is 1. The number of benzene rings is 1. The van der Waals surface area contributed by atoms with E-state index in [9.17, 15) is 4.79 Å². The van der Waals surface area contributed by atoms with Gasteiger partial charge in [-0.05, 0) is 24.3 Å². The first-order chi connectivity index (χ1) is 10.8. The van der Waals surface area contributed by atoms with E-state index in [0.717, 1.165) is 18.8 Å². The topological polar surface area (TPSA) is 54.7 Å².